The maximum absolute atomic E-state index is 13.0. The summed E-state index contributed by atoms with van der Waals surface area (Å²) in [4.78, 5) is 18.6. The van der Waals surface area contributed by atoms with E-state index in [0.717, 1.165) is 12.3 Å². The Morgan fingerprint density at radius 3 is 2.50 bits per heavy atom. The minimum absolute atomic E-state index is 0.0104. The molecule has 0 unspecified atom stereocenters. The molecule has 3 rings (SSSR count). The summed E-state index contributed by atoms with van der Waals surface area (Å²) in [7, 11) is 0. The number of anilines is 1. The van der Waals surface area contributed by atoms with E-state index in [1.165, 1.54) is 19.2 Å². The van der Waals surface area contributed by atoms with Gasteiger partial charge in [0, 0.05) is 23.3 Å². The molecule has 0 saturated carbocycles. The van der Waals surface area contributed by atoms with Crippen molar-refractivity contribution in [1.82, 2.24) is 20.2 Å². The van der Waals surface area contributed by atoms with Crippen LogP contribution in [-0.2, 0) is 11.0 Å². The van der Waals surface area contributed by atoms with Crippen molar-refractivity contribution in [2.75, 3.05) is 11.4 Å². The van der Waals surface area contributed by atoms with Crippen molar-refractivity contribution in [2.24, 2.45) is 5.73 Å². The van der Waals surface area contributed by atoms with E-state index in [2.05, 4.69) is 20.2 Å². The molecule has 30 heavy (non-hydrogen) atoms. The number of nitrogens with two attached hydrogens (primary N) is 1. The molecular weight excluding hydrogens is 418 g/mol. The quantitative estimate of drug-likeness (QED) is 0.603. The van der Waals surface area contributed by atoms with Gasteiger partial charge >= 0.3 is 12.4 Å². The number of pyridine rings is 1. The number of amides is 1. The molecule has 3 aromatic rings. The molecule has 0 fully saturated rings. The van der Waals surface area contributed by atoms with Crippen LogP contribution in [0.15, 0.2) is 30.7 Å². The lowest BCUT2D eigenvalue weighted by Gasteiger charge is -2.29. The highest BCUT2D eigenvalue weighted by molar-refractivity contribution is 5.93. The molecular formula is C17H14F6N6O. The van der Waals surface area contributed by atoms with Crippen molar-refractivity contribution >= 4 is 22.6 Å². The third-order valence-corrected chi connectivity index (χ3v) is 4.33. The molecule has 1 amide bonds. The molecule has 160 valence electrons. The average molecular weight is 432 g/mol. The zero-order chi connectivity index (χ0) is 22.3. The zero-order valence-electron chi connectivity index (χ0n) is 15.2. The number of hydrogen-bond acceptors (Lipinski definition) is 5. The highest BCUT2D eigenvalue weighted by atomic mass is 19.4. The smallest absolute Gasteiger partial charge is 0.368 e. The number of rotatable bonds is 5. The van der Waals surface area contributed by atoms with Gasteiger partial charge in [0.25, 0.3) is 0 Å². The SMILES string of the molecule is C[C@H](C(N)=O)N(CC(F)(F)F)c1cnnc(-c2c[nH]c3ncc(C(F)(F)F)cc23)c1. The number of primary amides is 1. The first-order valence-corrected chi connectivity index (χ1v) is 8.37. The Bertz CT molecular complexity index is 1080. The second-order valence-corrected chi connectivity index (χ2v) is 6.44. The maximum atomic E-state index is 13.0. The second-order valence-electron chi connectivity index (χ2n) is 6.44. The van der Waals surface area contributed by atoms with Gasteiger partial charge in [-0.05, 0) is 19.1 Å². The van der Waals surface area contributed by atoms with E-state index in [4.69, 9.17) is 5.73 Å². The Morgan fingerprint density at radius 2 is 1.90 bits per heavy atom. The van der Waals surface area contributed by atoms with Crippen molar-refractivity contribution < 1.29 is 31.1 Å². The number of nitrogens with one attached hydrogen (secondary N) is 1. The Hall–Kier alpha value is -3.38. The number of carbonyl (C=O) groups excluding carboxylic acids is 1. The fourth-order valence-corrected chi connectivity index (χ4v) is 2.81. The van der Waals surface area contributed by atoms with Gasteiger partial charge in [0.15, 0.2) is 0 Å². The standard InChI is InChI=1S/C17H14F6N6O/c1-8(14(24)30)29(7-16(18,19)20)10-3-13(28-27-5-10)12-6-26-15-11(12)2-9(4-25-15)17(21,22)23/h2-6,8H,7H2,1H3,(H2,24,30)(H,25,26)/t8-/m1/s1. The van der Waals surface area contributed by atoms with Crippen LogP contribution in [0.4, 0.5) is 32.0 Å². The molecule has 0 aliphatic carbocycles. The minimum atomic E-state index is -4.65. The molecule has 0 aliphatic heterocycles. The fraction of sp³-hybridized carbons (Fsp3) is 0.294. The molecule has 3 heterocycles. The molecule has 0 spiro atoms. The van der Waals surface area contributed by atoms with E-state index >= 15 is 0 Å². The van der Waals surface area contributed by atoms with Gasteiger partial charge in [-0.1, -0.05) is 0 Å². The number of hydrogen-bond donors (Lipinski definition) is 2. The number of fused-ring (bicyclic) bond motifs is 1. The molecule has 0 bridgehead atoms. The lowest BCUT2D eigenvalue weighted by Crippen LogP contribution is -2.47. The van der Waals surface area contributed by atoms with Gasteiger partial charge in [0.2, 0.25) is 5.91 Å². The number of aromatic nitrogens is 4. The van der Waals surface area contributed by atoms with Gasteiger partial charge in [-0.2, -0.15) is 36.5 Å². The van der Waals surface area contributed by atoms with Crippen LogP contribution in [-0.4, -0.2) is 44.8 Å². The molecule has 3 aromatic heterocycles. The summed E-state index contributed by atoms with van der Waals surface area (Å²) in [5.74, 6) is -0.997. The van der Waals surface area contributed by atoms with Crippen LogP contribution >= 0.6 is 0 Å². The summed E-state index contributed by atoms with van der Waals surface area (Å²) in [5, 5.41) is 7.50. The number of aromatic amines is 1. The largest absolute Gasteiger partial charge is 0.417 e. The van der Waals surface area contributed by atoms with Gasteiger partial charge in [-0.25, -0.2) is 4.98 Å². The van der Waals surface area contributed by atoms with Crippen LogP contribution < -0.4 is 10.6 Å². The first kappa shape index (κ1) is 21.3. The first-order chi connectivity index (χ1) is 13.9. The van der Waals surface area contributed by atoms with E-state index in [1.54, 1.807) is 0 Å². The molecule has 3 N–H and O–H groups in total. The molecule has 13 heteroatoms. The van der Waals surface area contributed by atoms with Crippen LogP contribution in [0.25, 0.3) is 22.3 Å². The molecule has 1 atom stereocenters. The van der Waals surface area contributed by atoms with Crippen LogP contribution in [0.2, 0.25) is 0 Å². The van der Waals surface area contributed by atoms with Crippen molar-refractivity contribution in [3.63, 3.8) is 0 Å². The molecule has 0 aliphatic rings. The third kappa shape index (κ3) is 4.44. The molecule has 7 nitrogen and oxygen atoms in total. The number of nitrogens with zero attached hydrogens (tertiary/aromatic N) is 4. The number of H-pyrrole nitrogens is 1. The number of alkyl halides is 6. The Kier molecular flexibility index (Phi) is 5.31. The monoisotopic (exact) mass is 432 g/mol. The summed E-state index contributed by atoms with van der Waals surface area (Å²) >= 11 is 0. The first-order valence-electron chi connectivity index (χ1n) is 8.37. The predicted molar refractivity (Wildman–Crippen MR) is 94.2 cm³/mol. The van der Waals surface area contributed by atoms with Crippen molar-refractivity contribution in [1.29, 1.82) is 0 Å². The van der Waals surface area contributed by atoms with Crippen molar-refractivity contribution in [3.05, 3.63) is 36.3 Å². The van der Waals surface area contributed by atoms with Crippen molar-refractivity contribution in [3.8, 4) is 11.3 Å². The van der Waals surface area contributed by atoms with Gasteiger partial charge in [-0.15, -0.1) is 0 Å². The van der Waals surface area contributed by atoms with Gasteiger partial charge in [0.1, 0.15) is 18.2 Å². The normalized spacial score (nSPS) is 13.4. The van der Waals surface area contributed by atoms with Crippen LogP contribution in [0.1, 0.15) is 12.5 Å². The lowest BCUT2D eigenvalue weighted by molar-refractivity contribution is -0.137. The summed E-state index contributed by atoms with van der Waals surface area (Å²) in [6.07, 6.45) is -6.31. The van der Waals surface area contributed by atoms with E-state index < -0.39 is 36.4 Å². The molecule has 0 radical (unpaired) electrons. The van der Waals surface area contributed by atoms with E-state index in [1.807, 2.05) is 0 Å². The fourth-order valence-electron chi connectivity index (χ4n) is 2.81. The summed E-state index contributed by atoms with van der Waals surface area (Å²) < 4.78 is 78.1. The van der Waals surface area contributed by atoms with Crippen LogP contribution in [0.5, 0.6) is 0 Å². The third-order valence-electron chi connectivity index (χ3n) is 4.33. The number of halogens is 6. The highest BCUT2D eigenvalue weighted by Crippen LogP contribution is 2.34. The number of carbonyl (C=O) groups is 1. The van der Waals surface area contributed by atoms with Crippen molar-refractivity contribution in [2.45, 2.75) is 25.3 Å². The Balaban J connectivity index is 2.09. The predicted octanol–water partition coefficient (Wildman–Crippen LogP) is 3.28. The second kappa shape index (κ2) is 7.46. The van der Waals surface area contributed by atoms with Crippen LogP contribution in [0.3, 0.4) is 0 Å². The average Bonchev–Trinajstić information content (AvgIpc) is 3.07. The van der Waals surface area contributed by atoms with Crippen LogP contribution in [0, 0.1) is 0 Å². The topological polar surface area (TPSA) is 101 Å². The van der Waals surface area contributed by atoms with E-state index in [0.29, 0.717) is 11.1 Å². The minimum Gasteiger partial charge on any atom is -0.368 e. The highest BCUT2D eigenvalue weighted by Gasteiger charge is 2.35. The lowest BCUT2D eigenvalue weighted by atomic mass is 10.1. The molecule has 0 aromatic carbocycles. The summed E-state index contributed by atoms with van der Waals surface area (Å²) in [6, 6.07) is 0.702. The zero-order valence-corrected chi connectivity index (χ0v) is 15.2. The maximum Gasteiger partial charge on any atom is 0.417 e. The summed E-state index contributed by atoms with van der Waals surface area (Å²) in [5.41, 5.74) is 4.29. The van der Waals surface area contributed by atoms with Gasteiger partial charge < -0.3 is 15.6 Å². The molecule has 0 saturated heterocycles. The Morgan fingerprint density at radius 1 is 1.20 bits per heavy atom. The van der Waals surface area contributed by atoms with E-state index in [-0.39, 0.29) is 28.0 Å². The summed E-state index contributed by atoms with van der Waals surface area (Å²) in [6.45, 7) is -0.296. The van der Waals surface area contributed by atoms with Gasteiger partial charge in [0.05, 0.1) is 23.1 Å². The Labute approximate surface area is 164 Å². The van der Waals surface area contributed by atoms with Gasteiger partial charge in [-0.3, -0.25) is 4.79 Å². The van der Waals surface area contributed by atoms with E-state index in [9.17, 15) is 31.1 Å².